The number of aromatic hydroxyl groups is 1. The zero-order valence-corrected chi connectivity index (χ0v) is 17.0. The van der Waals surface area contributed by atoms with Crippen molar-refractivity contribution in [3.05, 3.63) is 47.0 Å². The summed E-state index contributed by atoms with van der Waals surface area (Å²) in [5.74, 6) is 4.57. The number of phenols is 1. The molecule has 30 heavy (non-hydrogen) atoms. The number of fused-ring (bicyclic) bond motifs is 1. The number of nitrogens with one attached hydrogen (secondary N) is 1. The lowest BCUT2D eigenvalue weighted by Crippen LogP contribution is -2.29. The number of aromatic nitrogens is 3. The maximum absolute atomic E-state index is 11.9. The molecule has 0 spiro atoms. The lowest BCUT2D eigenvalue weighted by atomic mass is 10.0. The first-order valence-corrected chi connectivity index (χ1v) is 9.79. The van der Waals surface area contributed by atoms with Gasteiger partial charge in [-0.25, -0.2) is 10.6 Å². The highest BCUT2D eigenvalue weighted by atomic mass is 16.5. The van der Waals surface area contributed by atoms with Crippen LogP contribution in [0.4, 0.5) is 0 Å². The van der Waals surface area contributed by atoms with Gasteiger partial charge in [0.05, 0.1) is 12.2 Å². The highest BCUT2D eigenvalue weighted by molar-refractivity contribution is 5.93. The molecule has 9 nitrogen and oxygen atoms in total. The van der Waals surface area contributed by atoms with Crippen LogP contribution in [0.5, 0.6) is 5.75 Å². The smallest absolute Gasteiger partial charge is 0.338 e. The van der Waals surface area contributed by atoms with Gasteiger partial charge in [-0.3, -0.25) is 10.2 Å². The van der Waals surface area contributed by atoms with Gasteiger partial charge in [-0.2, -0.15) is 0 Å². The summed E-state index contributed by atoms with van der Waals surface area (Å²) in [5.41, 5.74) is 5.80. The molecule has 1 aromatic heterocycles. The topological polar surface area (TPSA) is 132 Å². The summed E-state index contributed by atoms with van der Waals surface area (Å²) < 4.78 is 5.02. The van der Waals surface area contributed by atoms with E-state index in [4.69, 9.17) is 10.6 Å². The van der Waals surface area contributed by atoms with Crippen molar-refractivity contribution in [3.8, 4) is 11.4 Å². The highest BCUT2D eigenvalue weighted by Gasteiger charge is 2.15. The second-order valence-corrected chi connectivity index (χ2v) is 6.97. The van der Waals surface area contributed by atoms with Gasteiger partial charge in [0.1, 0.15) is 22.5 Å². The van der Waals surface area contributed by atoms with Gasteiger partial charge < -0.3 is 9.84 Å². The van der Waals surface area contributed by atoms with Gasteiger partial charge in [-0.05, 0) is 68.5 Å². The van der Waals surface area contributed by atoms with E-state index in [1.165, 1.54) is 4.80 Å². The number of unbranched alkanes of at least 4 members (excludes halogenated alkanes) is 1. The largest absolute Gasteiger partial charge is 0.505 e. The fourth-order valence-electron chi connectivity index (χ4n) is 3.18. The number of phenolic OH excluding ortho intramolecular Hbond substituents is 1. The molecular weight excluding hydrogens is 386 g/mol. The van der Waals surface area contributed by atoms with Crippen molar-refractivity contribution in [3.63, 3.8) is 0 Å². The minimum atomic E-state index is -0.419. The third-order valence-corrected chi connectivity index (χ3v) is 4.73. The Kier molecular flexibility index (Phi) is 6.63. The highest BCUT2D eigenvalue weighted by Crippen LogP contribution is 2.28. The SMILES string of the molecule is CCOC(=O)c1ccc2nn(-c3cc(CCCCC(=O)NN)cc(C)c3O)nc2c1. The van der Waals surface area contributed by atoms with Gasteiger partial charge in [-0.1, -0.05) is 6.07 Å². The van der Waals surface area contributed by atoms with Crippen LogP contribution in [0.2, 0.25) is 0 Å². The number of hydrogen-bond acceptors (Lipinski definition) is 7. The minimum absolute atomic E-state index is 0.0900. The van der Waals surface area contributed by atoms with Crippen LogP contribution in [0.3, 0.4) is 0 Å². The maximum atomic E-state index is 11.9. The minimum Gasteiger partial charge on any atom is -0.505 e. The number of nitrogens with zero attached hydrogens (tertiary/aromatic N) is 3. The van der Waals surface area contributed by atoms with Gasteiger partial charge in [0.25, 0.3) is 0 Å². The summed E-state index contributed by atoms with van der Waals surface area (Å²) in [6.45, 7) is 3.85. The van der Waals surface area contributed by atoms with Crippen molar-refractivity contribution >= 4 is 22.9 Å². The van der Waals surface area contributed by atoms with E-state index in [-0.39, 0.29) is 11.7 Å². The summed E-state index contributed by atoms with van der Waals surface area (Å²) >= 11 is 0. The Bertz CT molecular complexity index is 1080. The first kappa shape index (κ1) is 21.3. The second-order valence-electron chi connectivity index (χ2n) is 6.97. The van der Waals surface area contributed by atoms with Crippen LogP contribution in [0.15, 0.2) is 30.3 Å². The Labute approximate surface area is 173 Å². The number of nitrogens with two attached hydrogens (primary N) is 1. The number of hydrazine groups is 1. The summed E-state index contributed by atoms with van der Waals surface area (Å²) in [6, 6.07) is 8.69. The Morgan fingerprint density at radius 3 is 2.67 bits per heavy atom. The molecule has 0 aliphatic carbocycles. The van der Waals surface area contributed by atoms with E-state index in [1.54, 1.807) is 25.1 Å². The van der Waals surface area contributed by atoms with Crippen LogP contribution in [0.25, 0.3) is 16.7 Å². The molecule has 0 aliphatic rings. The van der Waals surface area contributed by atoms with Crippen LogP contribution in [-0.2, 0) is 16.0 Å². The third kappa shape index (κ3) is 4.74. The monoisotopic (exact) mass is 411 g/mol. The molecule has 0 fully saturated rings. The number of carbonyl (C=O) groups is 2. The molecule has 9 heteroatoms. The molecule has 4 N–H and O–H groups in total. The zero-order valence-electron chi connectivity index (χ0n) is 17.0. The third-order valence-electron chi connectivity index (χ3n) is 4.73. The maximum Gasteiger partial charge on any atom is 0.338 e. The number of aryl methyl sites for hydroxylation is 2. The zero-order chi connectivity index (χ0) is 21.7. The van der Waals surface area contributed by atoms with Crippen molar-refractivity contribution in [2.75, 3.05) is 6.61 Å². The molecule has 1 amide bonds. The Morgan fingerprint density at radius 1 is 1.17 bits per heavy atom. The van der Waals surface area contributed by atoms with E-state index >= 15 is 0 Å². The number of rotatable bonds is 8. The van der Waals surface area contributed by atoms with E-state index in [9.17, 15) is 14.7 Å². The Balaban J connectivity index is 1.85. The normalized spacial score (nSPS) is 10.9. The summed E-state index contributed by atoms with van der Waals surface area (Å²) in [4.78, 5) is 24.5. The number of ether oxygens (including phenoxy) is 1. The van der Waals surface area contributed by atoms with Crippen molar-refractivity contribution in [2.24, 2.45) is 5.84 Å². The van der Waals surface area contributed by atoms with Crippen LogP contribution >= 0.6 is 0 Å². The summed E-state index contributed by atoms with van der Waals surface area (Å²) in [6.07, 6.45) is 2.61. The summed E-state index contributed by atoms with van der Waals surface area (Å²) in [5, 5.41) is 19.4. The summed E-state index contributed by atoms with van der Waals surface area (Å²) in [7, 11) is 0. The molecule has 0 atom stereocenters. The predicted octanol–water partition coefficient (Wildman–Crippen LogP) is 2.31. The second kappa shape index (κ2) is 9.36. The van der Waals surface area contributed by atoms with E-state index in [1.807, 2.05) is 19.1 Å². The van der Waals surface area contributed by atoms with E-state index in [0.717, 1.165) is 18.4 Å². The Hall–Kier alpha value is -3.46. The van der Waals surface area contributed by atoms with Gasteiger partial charge in [0.2, 0.25) is 5.91 Å². The molecule has 158 valence electrons. The van der Waals surface area contributed by atoms with Crippen molar-refractivity contribution in [2.45, 2.75) is 39.5 Å². The number of amides is 1. The molecule has 1 heterocycles. The molecule has 0 bridgehead atoms. The molecule has 0 unspecified atom stereocenters. The molecular formula is C21H25N5O4. The molecule has 3 aromatic rings. The number of benzene rings is 2. The van der Waals surface area contributed by atoms with E-state index in [2.05, 4.69) is 15.6 Å². The van der Waals surface area contributed by atoms with Crippen molar-refractivity contribution in [1.29, 1.82) is 0 Å². The molecule has 0 saturated heterocycles. The first-order chi connectivity index (χ1) is 14.4. The van der Waals surface area contributed by atoms with Crippen LogP contribution in [0, 0.1) is 6.92 Å². The van der Waals surface area contributed by atoms with Crippen LogP contribution in [-0.4, -0.2) is 38.6 Å². The number of carbonyl (C=O) groups excluding carboxylic acids is 2. The molecule has 0 radical (unpaired) electrons. The standard InChI is InChI=1S/C21H25N5O4/c1-3-30-21(29)15-8-9-16-17(12-15)25-26(24-16)18-11-14(10-13(2)20(18)28)6-4-5-7-19(27)23-22/h8-12,28H,3-7,22H2,1-2H3,(H,23,27). The van der Waals surface area contributed by atoms with Crippen molar-refractivity contribution < 1.29 is 19.4 Å². The van der Waals surface area contributed by atoms with Gasteiger partial charge in [0.15, 0.2) is 0 Å². The Morgan fingerprint density at radius 2 is 1.93 bits per heavy atom. The van der Waals surface area contributed by atoms with Gasteiger partial charge >= 0.3 is 5.97 Å². The van der Waals surface area contributed by atoms with Crippen molar-refractivity contribution in [1.82, 2.24) is 20.4 Å². The quantitative estimate of drug-likeness (QED) is 0.170. The average Bonchev–Trinajstić information content (AvgIpc) is 3.16. The van der Waals surface area contributed by atoms with Gasteiger partial charge in [0, 0.05) is 6.42 Å². The average molecular weight is 411 g/mol. The predicted molar refractivity (Wildman–Crippen MR) is 111 cm³/mol. The molecule has 2 aromatic carbocycles. The number of esters is 1. The molecule has 3 rings (SSSR count). The van der Waals surface area contributed by atoms with E-state index in [0.29, 0.717) is 47.3 Å². The number of hydrogen-bond donors (Lipinski definition) is 3. The van der Waals surface area contributed by atoms with E-state index < -0.39 is 5.97 Å². The fraction of sp³-hybridized carbons (Fsp3) is 0.333. The lowest BCUT2D eigenvalue weighted by Gasteiger charge is -2.10. The molecule has 0 aliphatic heterocycles. The van der Waals surface area contributed by atoms with Crippen LogP contribution in [0.1, 0.15) is 47.7 Å². The first-order valence-electron chi connectivity index (χ1n) is 9.79. The van der Waals surface area contributed by atoms with Crippen LogP contribution < -0.4 is 11.3 Å². The molecule has 0 saturated carbocycles. The van der Waals surface area contributed by atoms with Gasteiger partial charge in [-0.15, -0.1) is 15.0 Å². The lowest BCUT2D eigenvalue weighted by molar-refractivity contribution is -0.121. The fourth-order valence-corrected chi connectivity index (χ4v) is 3.18.